The van der Waals surface area contributed by atoms with Gasteiger partial charge in [0, 0.05) is 0 Å². The Balaban J connectivity index is 0.000000840. The number of hydrogen-bond donors (Lipinski definition) is 0. The van der Waals surface area contributed by atoms with Gasteiger partial charge in [0.1, 0.15) is 0 Å². The summed E-state index contributed by atoms with van der Waals surface area (Å²) in [6.07, 6.45) is 0. The van der Waals surface area contributed by atoms with Gasteiger partial charge in [0.15, 0.2) is 0 Å². The van der Waals surface area contributed by atoms with Crippen LogP contribution in [0, 0.1) is 0 Å². The molecule has 0 aliphatic heterocycles. The average Bonchev–Trinajstić information content (AvgIpc) is 3.54. The maximum Gasteiger partial charge on any atom is 2.00 e. The fourth-order valence-electron chi connectivity index (χ4n) is 4.49. The molecule has 0 heterocycles. The molecule has 0 radical (unpaired) electrons. The van der Waals surface area contributed by atoms with Crippen molar-refractivity contribution in [1.29, 1.82) is 0 Å². The zero-order valence-corrected chi connectivity index (χ0v) is 29.0. The van der Waals surface area contributed by atoms with Crippen LogP contribution in [0.1, 0.15) is 105 Å². The van der Waals surface area contributed by atoms with Crippen molar-refractivity contribution in [2.45, 2.75) is 105 Å². The summed E-state index contributed by atoms with van der Waals surface area (Å²) in [5.74, 6) is 0. The summed E-state index contributed by atoms with van der Waals surface area (Å²) in [4.78, 5) is 0. The molecule has 0 saturated heterocycles. The minimum atomic E-state index is -0.662. The molecule has 4 aromatic carbocycles. The van der Waals surface area contributed by atoms with E-state index in [1.54, 1.807) is 0 Å². The molecule has 0 fully saturated rings. The third-order valence-electron chi connectivity index (χ3n) is 7.27. The van der Waals surface area contributed by atoms with Gasteiger partial charge in [-0.15, -0.1) is 5.30 Å². The summed E-state index contributed by atoms with van der Waals surface area (Å²) in [5, 5.41) is 4.36. The SMILES string of the molecule is CC(C)(C)c1cc(P(c2cc(C(C)(C)C)cc(C(C)(C)C)c2)[c-]2cccc2)cc(C(C)(C)C)c1.[Fe+2].c1cc[cH-]c1. The van der Waals surface area contributed by atoms with Crippen molar-refractivity contribution in [3.8, 4) is 0 Å². The molecule has 0 aliphatic carbocycles. The fraction of sp³-hybridized carbons (Fsp3) is 0.421. The second-order valence-corrected chi connectivity index (χ2v) is 17.2. The Kier molecular flexibility index (Phi) is 11.1. The zero-order valence-electron chi connectivity index (χ0n) is 27.0. The first-order valence-corrected chi connectivity index (χ1v) is 15.7. The van der Waals surface area contributed by atoms with E-state index in [0.29, 0.717) is 0 Å². The van der Waals surface area contributed by atoms with Crippen molar-refractivity contribution in [2.24, 2.45) is 0 Å². The van der Waals surface area contributed by atoms with E-state index in [1.807, 2.05) is 30.3 Å². The fourth-order valence-corrected chi connectivity index (χ4v) is 6.93. The summed E-state index contributed by atoms with van der Waals surface area (Å²) >= 11 is 0. The monoisotopic (exact) mass is 594 g/mol. The molecule has 0 amide bonds. The van der Waals surface area contributed by atoms with Gasteiger partial charge in [0.2, 0.25) is 0 Å². The summed E-state index contributed by atoms with van der Waals surface area (Å²) in [7, 11) is -0.662. The van der Waals surface area contributed by atoms with Crippen LogP contribution in [0.2, 0.25) is 0 Å². The van der Waals surface area contributed by atoms with Crippen LogP contribution in [0.5, 0.6) is 0 Å². The van der Waals surface area contributed by atoms with Crippen LogP contribution in [0.3, 0.4) is 0 Å². The van der Waals surface area contributed by atoms with Crippen molar-refractivity contribution in [3.05, 3.63) is 113 Å². The summed E-state index contributed by atoms with van der Waals surface area (Å²) in [5.41, 5.74) is 6.13. The van der Waals surface area contributed by atoms with Gasteiger partial charge in [-0.2, -0.15) is 30.3 Å². The predicted molar refractivity (Wildman–Crippen MR) is 178 cm³/mol. The largest absolute Gasteiger partial charge is 2.00 e. The van der Waals surface area contributed by atoms with Gasteiger partial charge in [-0.05, 0) is 54.5 Å². The molecule has 0 aliphatic rings. The van der Waals surface area contributed by atoms with Crippen LogP contribution in [0.25, 0.3) is 0 Å². The first-order chi connectivity index (χ1) is 17.9. The molecule has 40 heavy (non-hydrogen) atoms. The van der Waals surface area contributed by atoms with E-state index in [2.05, 4.69) is 144 Å². The third kappa shape index (κ3) is 9.05. The van der Waals surface area contributed by atoms with E-state index in [9.17, 15) is 0 Å². The van der Waals surface area contributed by atoms with Gasteiger partial charge >= 0.3 is 17.1 Å². The topological polar surface area (TPSA) is 0 Å². The maximum absolute atomic E-state index is 2.49. The van der Waals surface area contributed by atoms with E-state index >= 15 is 0 Å². The van der Waals surface area contributed by atoms with Crippen molar-refractivity contribution >= 4 is 23.8 Å². The van der Waals surface area contributed by atoms with Crippen molar-refractivity contribution in [2.75, 3.05) is 0 Å². The van der Waals surface area contributed by atoms with Crippen molar-refractivity contribution < 1.29 is 17.1 Å². The molecule has 4 rings (SSSR count). The molecule has 216 valence electrons. The molecule has 0 N–H and O–H groups in total. The quantitative estimate of drug-likeness (QED) is 0.126. The normalized spacial score (nSPS) is 12.5. The average molecular weight is 595 g/mol. The third-order valence-corrected chi connectivity index (χ3v) is 9.64. The van der Waals surface area contributed by atoms with E-state index in [1.165, 1.54) is 38.2 Å². The summed E-state index contributed by atoms with van der Waals surface area (Å²) < 4.78 is 0. The van der Waals surface area contributed by atoms with E-state index in [4.69, 9.17) is 0 Å². The second-order valence-electron chi connectivity index (χ2n) is 15.0. The van der Waals surface area contributed by atoms with Gasteiger partial charge in [-0.25, -0.2) is 24.3 Å². The smallest absolute Gasteiger partial charge is 0.214 e. The van der Waals surface area contributed by atoms with E-state index in [-0.39, 0.29) is 38.7 Å². The minimum absolute atomic E-state index is 0. The van der Waals surface area contributed by atoms with Crippen LogP contribution in [-0.4, -0.2) is 0 Å². The molecule has 4 aromatic rings. The summed E-state index contributed by atoms with van der Waals surface area (Å²) in [6.45, 7) is 28.0. The van der Waals surface area contributed by atoms with E-state index < -0.39 is 7.92 Å². The van der Waals surface area contributed by atoms with Gasteiger partial charge in [0.25, 0.3) is 0 Å². The van der Waals surface area contributed by atoms with Gasteiger partial charge < -0.3 is 0 Å². The molecule has 0 saturated carbocycles. The van der Waals surface area contributed by atoms with Gasteiger partial charge in [-0.1, -0.05) is 127 Å². The Morgan fingerprint density at radius 2 is 0.775 bits per heavy atom. The Hall–Kier alpha value is -1.91. The first kappa shape index (κ1) is 34.3. The summed E-state index contributed by atoms with van der Waals surface area (Å²) in [6, 6.07) is 33.9. The van der Waals surface area contributed by atoms with Crippen LogP contribution in [0.4, 0.5) is 0 Å². The molecule has 0 atom stereocenters. The maximum atomic E-state index is 2.49. The van der Waals surface area contributed by atoms with Crippen molar-refractivity contribution in [1.82, 2.24) is 0 Å². The Labute approximate surface area is 258 Å². The zero-order chi connectivity index (χ0) is 29.2. The van der Waals surface area contributed by atoms with Gasteiger partial charge in [-0.3, -0.25) is 0 Å². The Morgan fingerprint density at radius 3 is 1.00 bits per heavy atom. The molecule has 2 heteroatoms. The van der Waals surface area contributed by atoms with Crippen molar-refractivity contribution in [3.63, 3.8) is 0 Å². The molecular formula is C38H51FeP. The molecule has 0 nitrogen and oxygen atoms in total. The predicted octanol–water partition coefficient (Wildman–Crippen LogP) is 9.76. The Bertz CT molecular complexity index is 1160. The molecule has 0 bridgehead atoms. The molecule has 0 unspecified atom stereocenters. The van der Waals surface area contributed by atoms with E-state index in [0.717, 1.165) is 0 Å². The first-order valence-electron chi connectivity index (χ1n) is 14.4. The number of benzene rings is 2. The molecule has 0 spiro atoms. The van der Waals surface area contributed by atoms with Crippen LogP contribution in [-0.2, 0) is 38.7 Å². The standard InChI is InChI=1S/C33H46P.C5H5.Fe/c1-30(2,3)23-17-24(31(4,5)6)20-28(19-23)34(27-15-13-14-16-27)29-21-25(32(7,8)9)18-26(22-29)33(10,11)12;1-2-4-5-3-1;/h13-22H,1-12H3;1-5H;/q2*-1;+2. The van der Waals surface area contributed by atoms with Crippen LogP contribution < -0.4 is 15.9 Å². The van der Waals surface area contributed by atoms with Gasteiger partial charge in [0.05, 0.1) is 0 Å². The minimum Gasteiger partial charge on any atom is -0.214 e. The Morgan fingerprint density at radius 1 is 0.475 bits per heavy atom. The molecule has 0 aromatic heterocycles. The second kappa shape index (κ2) is 12.9. The van der Waals surface area contributed by atoms with Crippen LogP contribution in [0.15, 0.2) is 91.0 Å². The van der Waals surface area contributed by atoms with Crippen LogP contribution >= 0.6 is 7.92 Å². The molecular weight excluding hydrogens is 543 g/mol. The number of hydrogen-bond acceptors (Lipinski definition) is 0. The number of rotatable bonds is 3.